The van der Waals surface area contributed by atoms with Crippen molar-refractivity contribution in [3.05, 3.63) is 52.3 Å². The van der Waals surface area contributed by atoms with Crippen LogP contribution in [0.3, 0.4) is 0 Å². The molecule has 0 unspecified atom stereocenters. The van der Waals surface area contributed by atoms with Crippen LogP contribution in [0.15, 0.2) is 41.4 Å². The van der Waals surface area contributed by atoms with Gasteiger partial charge < -0.3 is 5.73 Å². The van der Waals surface area contributed by atoms with E-state index in [9.17, 15) is 13.2 Å². The molecule has 0 bridgehead atoms. The number of primary amides is 1. The third-order valence-corrected chi connectivity index (χ3v) is 4.65. The lowest BCUT2D eigenvalue weighted by atomic mass is 10.2. The summed E-state index contributed by atoms with van der Waals surface area (Å²) in [7, 11) is -3.99. The standard InChI is InChI=1S/C12H9Cl2N3O3S/c13-8-4-3-7(12(15)18)6-9(8)17-21(19,20)10-2-1-5-16-11(10)14/h1-6,17H,(H2,15,18). The summed E-state index contributed by atoms with van der Waals surface area (Å²) in [5, 5.41) is -0.0595. The number of carbonyl (C=O) groups is 1. The largest absolute Gasteiger partial charge is 0.366 e. The van der Waals surface area contributed by atoms with Gasteiger partial charge in [-0.25, -0.2) is 13.4 Å². The Bertz CT molecular complexity index is 809. The second-order valence-corrected chi connectivity index (χ2v) is 6.37. The van der Waals surface area contributed by atoms with Crippen LogP contribution >= 0.6 is 23.2 Å². The highest BCUT2D eigenvalue weighted by Gasteiger charge is 2.20. The van der Waals surface area contributed by atoms with Crippen LogP contribution in [-0.4, -0.2) is 19.3 Å². The fourth-order valence-electron chi connectivity index (χ4n) is 1.53. The maximum Gasteiger partial charge on any atom is 0.265 e. The number of sulfonamides is 1. The molecule has 1 aromatic carbocycles. The molecule has 0 saturated heterocycles. The predicted octanol–water partition coefficient (Wildman–Crippen LogP) is 2.29. The van der Waals surface area contributed by atoms with Gasteiger partial charge in [-0.05, 0) is 30.3 Å². The Morgan fingerprint density at radius 3 is 2.57 bits per heavy atom. The lowest BCUT2D eigenvalue weighted by Crippen LogP contribution is -2.16. The molecule has 0 saturated carbocycles. The predicted molar refractivity (Wildman–Crippen MR) is 80.0 cm³/mol. The van der Waals surface area contributed by atoms with Crippen LogP contribution in [0.4, 0.5) is 5.69 Å². The highest BCUT2D eigenvalue weighted by Crippen LogP contribution is 2.27. The molecular weight excluding hydrogens is 337 g/mol. The van der Waals surface area contributed by atoms with E-state index in [2.05, 4.69) is 9.71 Å². The zero-order chi connectivity index (χ0) is 15.6. The molecule has 0 aliphatic heterocycles. The number of carbonyl (C=O) groups excluding carboxylic acids is 1. The molecule has 0 aliphatic rings. The van der Waals surface area contributed by atoms with Gasteiger partial charge in [-0.1, -0.05) is 23.2 Å². The Balaban J connectivity index is 2.44. The fraction of sp³-hybridized carbons (Fsp3) is 0. The molecule has 6 nitrogen and oxygen atoms in total. The fourth-order valence-corrected chi connectivity index (χ4v) is 3.27. The van der Waals surface area contributed by atoms with Crippen molar-refractivity contribution < 1.29 is 13.2 Å². The summed E-state index contributed by atoms with van der Waals surface area (Å²) in [5.41, 5.74) is 5.28. The van der Waals surface area contributed by atoms with E-state index in [1.165, 1.54) is 36.5 Å². The van der Waals surface area contributed by atoms with Gasteiger partial charge in [0.1, 0.15) is 10.0 Å². The molecule has 1 heterocycles. The van der Waals surface area contributed by atoms with Crippen LogP contribution in [0.2, 0.25) is 10.2 Å². The van der Waals surface area contributed by atoms with Gasteiger partial charge in [-0.3, -0.25) is 9.52 Å². The minimum absolute atomic E-state index is 0.0212. The van der Waals surface area contributed by atoms with Crippen LogP contribution in [0.5, 0.6) is 0 Å². The normalized spacial score (nSPS) is 11.1. The van der Waals surface area contributed by atoms with Crippen LogP contribution in [0.1, 0.15) is 10.4 Å². The number of nitrogens with one attached hydrogen (secondary N) is 1. The number of amides is 1. The molecule has 0 spiro atoms. The Hall–Kier alpha value is -1.83. The highest BCUT2D eigenvalue weighted by atomic mass is 35.5. The summed E-state index contributed by atoms with van der Waals surface area (Å²) in [6.07, 6.45) is 1.36. The summed E-state index contributed by atoms with van der Waals surface area (Å²) >= 11 is 11.7. The van der Waals surface area contributed by atoms with Gasteiger partial charge in [0.2, 0.25) is 5.91 Å². The number of nitrogens with two attached hydrogens (primary N) is 1. The maximum atomic E-state index is 12.2. The Kier molecular flexibility index (Phi) is 4.36. The van der Waals surface area contributed by atoms with E-state index < -0.39 is 15.9 Å². The second-order valence-electron chi connectivity index (χ2n) is 3.96. The van der Waals surface area contributed by atoms with Crippen molar-refractivity contribution in [1.82, 2.24) is 4.98 Å². The van der Waals surface area contributed by atoms with Crippen LogP contribution in [0.25, 0.3) is 0 Å². The van der Waals surface area contributed by atoms with E-state index >= 15 is 0 Å². The molecule has 110 valence electrons. The van der Waals surface area contributed by atoms with Gasteiger partial charge in [0, 0.05) is 11.8 Å². The topological polar surface area (TPSA) is 102 Å². The van der Waals surface area contributed by atoms with Crippen molar-refractivity contribution >= 4 is 44.8 Å². The van der Waals surface area contributed by atoms with Crippen molar-refractivity contribution in [2.24, 2.45) is 5.73 Å². The van der Waals surface area contributed by atoms with Crippen LogP contribution in [0, 0.1) is 0 Å². The molecule has 2 aromatic rings. The van der Waals surface area contributed by atoms with Crippen molar-refractivity contribution in [3.8, 4) is 0 Å². The molecule has 1 aromatic heterocycles. The van der Waals surface area contributed by atoms with Crippen molar-refractivity contribution in [2.75, 3.05) is 4.72 Å². The van der Waals surface area contributed by atoms with Gasteiger partial charge in [-0.15, -0.1) is 0 Å². The van der Waals surface area contributed by atoms with Crippen molar-refractivity contribution in [3.63, 3.8) is 0 Å². The molecule has 0 fully saturated rings. The zero-order valence-electron chi connectivity index (χ0n) is 10.4. The first kappa shape index (κ1) is 15.6. The molecular formula is C12H9Cl2N3O3S. The van der Waals surface area contributed by atoms with Crippen molar-refractivity contribution in [2.45, 2.75) is 4.90 Å². The van der Waals surface area contributed by atoms with E-state index in [1.807, 2.05) is 0 Å². The van der Waals surface area contributed by atoms with Gasteiger partial charge in [-0.2, -0.15) is 0 Å². The Morgan fingerprint density at radius 2 is 1.95 bits per heavy atom. The minimum Gasteiger partial charge on any atom is -0.366 e. The molecule has 0 radical (unpaired) electrons. The number of rotatable bonds is 4. The summed E-state index contributed by atoms with van der Waals surface area (Å²) in [5.74, 6) is -0.702. The number of pyridine rings is 1. The van der Waals surface area contributed by atoms with E-state index in [-0.39, 0.29) is 26.3 Å². The molecule has 9 heteroatoms. The molecule has 3 N–H and O–H groups in total. The van der Waals surface area contributed by atoms with Crippen LogP contribution in [-0.2, 0) is 10.0 Å². The quantitative estimate of drug-likeness (QED) is 0.829. The third kappa shape index (κ3) is 3.44. The van der Waals surface area contributed by atoms with Crippen molar-refractivity contribution in [1.29, 1.82) is 0 Å². The van der Waals surface area contributed by atoms with Gasteiger partial charge in [0.25, 0.3) is 10.0 Å². The molecule has 0 atom stereocenters. The average molecular weight is 346 g/mol. The Morgan fingerprint density at radius 1 is 1.24 bits per heavy atom. The first-order valence-electron chi connectivity index (χ1n) is 5.54. The summed E-state index contributed by atoms with van der Waals surface area (Å²) < 4.78 is 26.7. The second kappa shape index (κ2) is 5.88. The number of nitrogens with zero attached hydrogens (tertiary/aromatic N) is 1. The minimum atomic E-state index is -3.99. The van der Waals surface area contributed by atoms with Gasteiger partial charge in [0.05, 0.1) is 10.7 Å². The zero-order valence-corrected chi connectivity index (χ0v) is 12.7. The smallest absolute Gasteiger partial charge is 0.265 e. The summed E-state index contributed by atoms with van der Waals surface area (Å²) in [6.45, 7) is 0. The summed E-state index contributed by atoms with van der Waals surface area (Å²) in [6, 6.07) is 6.72. The lowest BCUT2D eigenvalue weighted by Gasteiger charge is -2.11. The number of hydrogen-bond acceptors (Lipinski definition) is 4. The molecule has 1 amide bonds. The van der Waals surface area contributed by atoms with Crippen LogP contribution < -0.4 is 10.5 Å². The number of hydrogen-bond donors (Lipinski definition) is 2. The van der Waals surface area contributed by atoms with E-state index in [4.69, 9.17) is 28.9 Å². The molecule has 2 rings (SSSR count). The summed E-state index contributed by atoms with van der Waals surface area (Å²) in [4.78, 5) is 14.6. The van der Waals surface area contributed by atoms with E-state index in [1.54, 1.807) is 0 Å². The SMILES string of the molecule is NC(=O)c1ccc(Cl)c(NS(=O)(=O)c2cccnc2Cl)c1. The van der Waals surface area contributed by atoms with Gasteiger partial charge in [0.15, 0.2) is 0 Å². The number of aromatic nitrogens is 1. The van der Waals surface area contributed by atoms with E-state index in [0.29, 0.717) is 0 Å². The van der Waals surface area contributed by atoms with Gasteiger partial charge >= 0.3 is 0 Å². The average Bonchev–Trinajstić information content (AvgIpc) is 2.41. The first-order valence-corrected chi connectivity index (χ1v) is 7.78. The monoisotopic (exact) mass is 345 g/mol. The first-order chi connectivity index (χ1) is 9.81. The third-order valence-electron chi connectivity index (χ3n) is 2.51. The maximum absolute atomic E-state index is 12.2. The van der Waals surface area contributed by atoms with E-state index in [0.717, 1.165) is 0 Å². The Labute approximate surface area is 130 Å². The number of anilines is 1. The lowest BCUT2D eigenvalue weighted by molar-refractivity contribution is 0.100. The number of halogens is 2. The number of benzene rings is 1. The molecule has 0 aliphatic carbocycles. The molecule has 21 heavy (non-hydrogen) atoms. The highest BCUT2D eigenvalue weighted by molar-refractivity contribution is 7.92.